The fraction of sp³-hybridized carbons (Fsp3) is 0.538. The summed E-state index contributed by atoms with van der Waals surface area (Å²) in [7, 11) is -0.803. The van der Waals surface area contributed by atoms with Crippen molar-refractivity contribution in [3.63, 3.8) is 0 Å². The van der Waals surface area contributed by atoms with Crippen LogP contribution in [-0.2, 0) is 10.8 Å². The van der Waals surface area contributed by atoms with Gasteiger partial charge in [-0.3, -0.25) is 4.21 Å². The van der Waals surface area contributed by atoms with E-state index in [1.54, 1.807) is 12.1 Å². The van der Waals surface area contributed by atoms with E-state index in [0.717, 1.165) is 0 Å². The van der Waals surface area contributed by atoms with Gasteiger partial charge in [0, 0.05) is 35.4 Å². The molecule has 0 saturated heterocycles. The molecule has 4 nitrogen and oxygen atoms in total. The molecule has 2 N–H and O–H groups in total. The van der Waals surface area contributed by atoms with Crippen molar-refractivity contribution in [3.05, 3.63) is 30.1 Å². The van der Waals surface area contributed by atoms with Gasteiger partial charge >= 0.3 is 0 Å². The molecule has 1 rings (SSSR count). The van der Waals surface area contributed by atoms with Gasteiger partial charge in [0.2, 0.25) is 0 Å². The zero-order valence-corrected chi connectivity index (χ0v) is 11.8. The maximum atomic E-state index is 13.2. The first-order valence-corrected chi connectivity index (χ1v) is 7.73. The molecule has 0 fully saturated rings. The van der Waals surface area contributed by atoms with Gasteiger partial charge < -0.3 is 15.2 Å². The van der Waals surface area contributed by atoms with Crippen LogP contribution in [0.2, 0.25) is 0 Å². The highest BCUT2D eigenvalue weighted by Crippen LogP contribution is 2.15. The van der Waals surface area contributed by atoms with Gasteiger partial charge in [-0.2, -0.15) is 0 Å². The van der Waals surface area contributed by atoms with E-state index in [1.165, 1.54) is 12.1 Å². The van der Waals surface area contributed by atoms with Gasteiger partial charge in [0.05, 0.1) is 0 Å². The number of nitrogens with one attached hydrogen (secondary N) is 1. The van der Waals surface area contributed by atoms with Crippen LogP contribution in [0.15, 0.2) is 24.3 Å². The average molecular weight is 289 g/mol. The number of para-hydroxylation sites is 1. The van der Waals surface area contributed by atoms with Crippen molar-refractivity contribution in [2.75, 3.05) is 31.2 Å². The second-order valence-corrected chi connectivity index (χ2v) is 5.90. The number of halogens is 1. The molecule has 0 bridgehead atoms. The Bertz CT molecular complexity index is 403. The van der Waals surface area contributed by atoms with Gasteiger partial charge in [0.1, 0.15) is 12.7 Å². The topological polar surface area (TPSA) is 58.6 Å². The number of ether oxygens (including phenoxy) is 1. The van der Waals surface area contributed by atoms with Crippen LogP contribution >= 0.6 is 0 Å². The van der Waals surface area contributed by atoms with Gasteiger partial charge in [-0.15, -0.1) is 0 Å². The lowest BCUT2D eigenvalue weighted by atomic mass is 10.3. The highest BCUT2D eigenvalue weighted by Gasteiger charge is 2.07. The van der Waals surface area contributed by atoms with Gasteiger partial charge in [0.25, 0.3) is 0 Å². The number of aliphatic hydroxyl groups excluding tert-OH is 1. The quantitative estimate of drug-likeness (QED) is 0.664. The summed E-state index contributed by atoms with van der Waals surface area (Å²) in [6, 6.07) is 6.07. The highest BCUT2D eigenvalue weighted by atomic mass is 32.2. The number of rotatable bonds is 9. The fourth-order valence-corrected chi connectivity index (χ4v) is 2.07. The summed E-state index contributed by atoms with van der Waals surface area (Å²) in [4.78, 5) is 0. The van der Waals surface area contributed by atoms with Crippen LogP contribution in [0.3, 0.4) is 0 Å². The van der Waals surface area contributed by atoms with Crippen LogP contribution < -0.4 is 10.1 Å². The molecule has 6 heteroatoms. The molecule has 1 aromatic carbocycles. The maximum Gasteiger partial charge on any atom is 0.165 e. The second-order valence-electron chi connectivity index (χ2n) is 4.03. The highest BCUT2D eigenvalue weighted by molar-refractivity contribution is 7.84. The van der Waals surface area contributed by atoms with Gasteiger partial charge in [-0.05, 0) is 12.1 Å². The van der Waals surface area contributed by atoms with E-state index in [9.17, 15) is 13.7 Å². The molecule has 0 aliphatic carbocycles. The van der Waals surface area contributed by atoms with E-state index in [1.807, 2.05) is 6.92 Å². The van der Waals surface area contributed by atoms with Crippen LogP contribution in [-0.4, -0.2) is 46.6 Å². The molecule has 0 radical (unpaired) electrons. The van der Waals surface area contributed by atoms with Crippen LogP contribution in [0.5, 0.6) is 5.75 Å². The van der Waals surface area contributed by atoms with E-state index < -0.39 is 22.7 Å². The van der Waals surface area contributed by atoms with Crippen LogP contribution in [0.25, 0.3) is 0 Å². The minimum absolute atomic E-state index is 0.0187. The smallest absolute Gasteiger partial charge is 0.165 e. The second kappa shape index (κ2) is 9.01. The number of aliphatic hydroxyl groups is 1. The Kier molecular flexibility index (Phi) is 7.62. The van der Waals surface area contributed by atoms with Crippen molar-refractivity contribution in [2.24, 2.45) is 0 Å². The largest absolute Gasteiger partial charge is 0.488 e. The summed E-state index contributed by atoms with van der Waals surface area (Å²) < 4.78 is 29.5. The summed E-state index contributed by atoms with van der Waals surface area (Å²) >= 11 is 0. The molecule has 0 aliphatic heterocycles. The predicted octanol–water partition coefficient (Wildman–Crippen LogP) is 0.924. The molecule has 0 aromatic heterocycles. The van der Waals surface area contributed by atoms with Crippen molar-refractivity contribution in [2.45, 2.75) is 13.0 Å². The van der Waals surface area contributed by atoms with Crippen LogP contribution in [0.4, 0.5) is 4.39 Å². The molecule has 2 atom stereocenters. The zero-order chi connectivity index (χ0) is 14.1. The third-order valence-corrected chi connectivity index (χ3v) is 3.78. The molecule has 0 aliphatic rings. The Morgan fingerprint density at radius 2 is 2.21 bits per heavy atom. The normalized spacial score (nSPS) is 14.1. The Hall–Kier alpha value is -0.980. The van der Waals surface area contributed by atoms with Gasteiger partial charge in [0.15, 0.2) is 11.6 Å². The molecule has 0 heterocycles. The molecule has 19 heavy (non-hydrogen) atoms. The first-order valence-electron chi connectivity index (χ1n) is 6.24. The summed E-state index contributed by atoms with van der Waals surface area (Å²) in [5.41, 5.74) is 0. The number of benzene rings is 1. The van der Waals surface area contributed by atoms with Crippen LogP contribution in [0, 0.1) is 5.82 Å². The number of hydrogen-bond donors (Lipinski definition) is 2. The van der Waals surface area contributed by atoms with Crippen molar-refractivity contribution >= 4 is 10.8 Å². The number of hydrogen-bond acceptors (Lipinski definition) is 4. The van der Waals surface area contributed by atoms with Crippen molar-refractivity contribution in [1.29, 1.82) is 0 Å². The molecule has 0 saturated carbocycles. The minimum Gasteiger partial charge on any atom is -0.488 e. The Morgan fingerprint density at radius 3 is 2.89 bits per heavy atom. The zero-order valence-electron chi connectivity index (χ0n) is 11.0. The van der Waals surface area contributed by atoms with E-state index in [4.69, 9.17) is 4.74 Å². The lowest BCUT2D eigenvalue weighted by Gasteiger charge is -2.13. The van der Waals surface area contributed by atoms with E-state index >= 15 is 0 Å². The Labute approximate surface area is 115 Å². The molecule has 2 unspecified atom stereocenters. The summed E-state index contributed by atoms with van der Waals surface area (Å²) in [5, 5.41) is 12.6. The lowest BCUT2D eigenvalue weighted by Crippen LogP contribution is -2.33. The molecule has 1 aromatic rings. The predicted molar refractivity (Wildman–Crippen MR) is 74.3 cm³/mol. The van der Waals surface area contributed by atoms with E-state index in [-0.39, 0.29) is 12.4 Å². The van der Waals surface area contributed by atoms with Crippen molar-refractivity contribution in [1.82, 2.24) is 5.32 Å². The van der Waals surface area contributed by atoms with Gasteiger partial charge in [-0.1, -0.05) is 19.1 Å². The molecular formula is C13H20FNO3S. The standard InChI is InChI=1S/C13H20FNO3S/c1-2-19(17)8-7-15-9-11(16)10-18-13-6-4-3-5-12(13)14/h3-6,11,15-16H,2,7-10H2,1H3. The Morgan fingerprint density at radius 1 is 1.47 bits per heavy atom. The van der Waals surface area contributed by atoms with Gasteiger partial charge in [-0.25, -0.2) is 4.39 Å². The fourth-order valence-electron chi connectivity index (χ4n) is 1.41. The van der Waals surface area contributed by atoms with E-state index in [0.29, 0.717) is 24.6 Å². The summed E-state index contributed by atoms with van der Waals surface area (Å²) in [6.07, 6.45) is -0.727. The van der Waals surface area contributed by atoms with Crippen molar-refractivity contribution in [3.8, 4) is 5.75 Å². The monoisotopic (exact) mass is 289 g/mol. The first kappa shape index (κ1) is 16.1. The lowest BCUT2D eigenvalue weighted by molar-refractivity contribution is 0.105. The molecule has 108 valence electrons. The third-order valence-electron chi connectivity index (χ3n) is 2.48. The summed E-state index contributed by atoms with van der Waals surface area (Å²) in [6.45, 7) is 2.80. The molecule has 0 amide bonds. The summed E-state index contributed by atoms with van der Waals surface area (Å²) in [5.74, 6) is 0.896. The molecular weight excluding hydrogens is 269 g/mol. The SMILES string of the molecule is CCS(=O)CCNCC(O)COc1ccccc1F. The minimum atomic E-state index is -0.803. The third kappa shape index (κ3) is 6.66. The van der Waals surface area contributed by atoms with E-state index in [2.05, 4.69) is 5.32 Å². The average Bonchev–Trinajstić information content (AvgIpc) is 2.42. The first-order chi connectivity index (χ1) is 9.13. The van der Waals surface area contributed by atoms with Crippen LogP contribution in [0.1, 0.15) is 6.92 Å². The maximum absolute atomic E-state index is 13.2. The van der Waals surface area contributed by atoms with Crippen molar-refractivity contribution < 1.29 is 18.4 Å². The Balaban J connectivity index is 2.16. The molecule has 0 spiro atoms.